The monoisotopic (exact) mass is 204 g/mol. The van der Waals surface area contributed by atoms with Crippen LogP contribution in [0.4, 0.5) is 0 Å². The Morgan fingerprint density at radius 1 is 1.20 bits per heavy atom. The third-order valence-corrected chi connectivity index (χ3v) is 3.27. The predicted octanol–water partition coefficient (Wildman–Crippen LogP) is 2.52. The second kappa shape index (κ2) is 3.95. The quantitative estimate of drug-likeness (QED) is 0.706. The summed E-state index contributed by atoms with van der Waals surface area (Å²) < 4.78 is 11.5. The molecule has 1 aliphatic heterocycles. The van der Waals surface area contributed by atoms with Crippen LogP contribution < -0.4 is 0 Å². The summed E-state index contributed by atoms with van der Waals surface area (Å²) in [7, 11) is 0. The fraction of sp³-hybridized carbons (Fsp3) is 0.538. The summed E-state index contributed by atoms with van der Waals surface area (Å²) in [6.07, 6.45) is 4.90. The average Bonchev–Trinajstić information content (AvgIpc) is 3.07. The van der Waals surface area contributed by atoms with Crippen molar-refractivity contribution in [1.82, 2.24) is 0 Å². The highest BCUT2D eigenvalue weighted by Gasteiger charge is 2.47. The Labute approximate surface area is 90.2 Å². The fourth-order valence-corrected chi connectivity index (χ4v) is 2.36. The van der Waals surface area contributed by atoms with E-state index in [1.165, 1.54) is 18.4 Å². The van der Waals surface area contributed by atoms with Gasteiger partial charge in [0, 0.05) is 0 Å². The van der Waals surface area contributed by atoms with Crippen molar-refractivity contribution in [3.05, 3.63) is 35.9 Å². The van der Waals surface area contributed by atoms with Gasteiger partial charge in [0.1, 0.15) is 6.10 Å². The minimum atomic E-state index is 0.337. The van der Waals surface area contributed by atoms with Crippen molar-refractivity contribution in [2.75, 3.05) is 0 Å². The number of epoxide rings is 1. The van der Waals surface area contributed by atoms with Crippen molar-refractivity contribution < 1.29 is 9.47 Å². The topological polar surface area (TPSA) is 21.8 Å². The zero-order valence-electron chi connectivity index (χ0n) is 8.76. The van der Waals surface area contributed by atoms with Crippen LogP contribution >= 0.6 is 0 Å². The maximum atomic E-state index is 5.90. The van der Waals surface area contributed by atoms with Crippen LogP contribution in [-0.2, 0) is 16.1 Å². The number of fused-ring (bicyclic) bond motifs is 1. The maximum absolute atomic E-state index is 5.90. The lowest BCUT2D eigenvalue weighted by molar-refractivity contribution is 0.0135. The van der Waals surface area contributed by atoms with Crippen molar-refractivity contribution >= 4 is 0 Å². The van der Waals surface area contributed by atoms with E-state index in [-0.39, 0.29) is 0 Å². The molecule has 3 rings (SSSR count). The van der Waals surface area contributed by atoms with E-state index in [2.05, 4.69) is 24.3 Å². The molecular weight excluding hydrogens is 188 g/mol. The molecule has 0 amide bonds. The van der Waals surface area contributed by atoms with Gasteiger partial charge in [0.25, 0.3) is 0 Å². The molecule has 2 fully saturated rings. The molecule has 0 radical (unpaired) electrons. The Morgan fingerprint density at radius 3 is 2.93 bits per heavy atom. The predicted molar refractivity (Wildman–Crippen MR) is 57.5 cm³/mol. The summed E-state index contributed by atoms with van der Waals surface area (Å²) in [6, 6.07) is 10.3. The highest BCUT2D eigenvalue weighted by Crippen LogP contribution is 2.38. The molecule has 1 saturated heterocycles. The Morgan fingerprint density at radius 2 is 2.07 bits per heavy atom. The number of hydrogen-bond acceptors (Lipinski definition) is 2. The Hall–Kier alpha value is -0.860. The van der Waals surface area contributed by atoms with Crippen LogP contribution in [0.5, 0.6) is 0 Å². The summed E-state index contributed by atoms with van der Waals surface area (Å²) >= 11 is 0. The van der Waals surface area contributed by atoms with Gasteiger partial charge in [0.2, 0.25) is 0 Å². The molecule has 1 heterocycles. The van der Waals surface area contributed by atoms with Crippen LogP contribution in [-0.4, -0.2) is 18.3 Å². The lowest BCUT2D eigenvalue weighted by Gasteiger charge is -2.18. The van der Waals surface area contributed by atoms with E-state index in [4.69, 9.17) is 9.47 Å². The molecule has 0 N–H and O–H groups in total. The van der Waals surface area contributed by atoms with Gasteiger partial charge in [0.15, 0.2) is 0 Å². The Kier molecular flexibility index (Phi) is 2.47. The molecule has 1 aliphatic carbocycles. The first kappa shape index (κ1) is 9.37. The average molecular weight is 204 g/mol. The molecule has 0 bridgehead atoms. The van der Waals surface area contributed by atoms with Gasteiger partial charge in [-0.05, 0) is 24.8 Å². The molecule has 2 heteroatoms. The zero-order valence-corrected chi connectivity index (χ0v) is 8.76. The molecule has 15 heavy (non-hydrogen) atoms. The van der Waals surface area contributed by atoms with Crippen molar-refractivity contribution in [1.29, 1.82) is 0 Å². The molecule has 0 unspecified atom stereocenters. The highest BCUT2D eigenvalue weighted by atomic mass is 16.6. The molecule has 2 nitrogen and oxygen atoms in total. The number of benzene rings is 1. The third kappa shape index (κ3) is 2.06. The minimum absolute atomic E-state index is 0.337. The molecule has 0 spiro atoms. The summed E-state index contributed by atoms with van der Waals surface area (Å²) in [6.45, 7) is 0.720. The SMILES string of the molecule is c1ccc(CO[C@@H]2CCC[C@H]3O[C@@H]23)cc1. The van der Waals surface area contributed by atoms with Gasteiger partial charge in [-0.15, -0.1) is 0 Å². The van der Waals surface area contributed by atoms with E-state index in [1.807, 2.05) is 6.07 Å². The Balaban J connectivity index is 1.54. The van der Waals surface area contributed by atoms with Gasteiger partial charge in [0.05, 0.1) is 18.8 Å². The molecule has 80 valence electrons. The minimum Gasteiger partial charge on any atom is -0.371 e. The Bertz CT molecular complexity index is 323. The summed E-state index contributed by atoms with van der Waals surface area (Å²) in [5.41, 5.74) is 1.25. The van der Waals surface area contributed by atoms with Gasteiger partial charge in [-0.2, -0.15) is 0 Å². The van der Waals surface area contributed by atoms with Crippen LogP contribution in [0.3, 0.4) is 0 Å². The second-order valence-corrected chi connectivity index (χ2v) is 4.41. The van der Waals surface area contributed by atoms with Gasteiger partial charge in [-0.3, -0.25) is 0 Å². The van der Waals surface area contributed by atoms with Crippen LogP contribution in [0.15, 0.2) is 30.3 Å². The first-order valence-electron chi connectivity index (χ1n) is 5.74. The summed E-state index contributed by atoms with van der Waals surface area (Å²) in [4.78, 5) is 0. The van der Waals surface area contributed by atoms with Crippen LogP contribution in [0.25, 0.3) is 0 Å². The molecule has 2 aliphatic rings. The van der Waals surface area contributed by atoms with Crippen molar-refractivity contribution in [2.45, 2.75) is 44.2 Å². The van der Waals surface area contributed by atoms with E-state index in [1.54, 1.807) is 0 Å². The number of ether oxygens (including phenoxy) is 2. The summed E-state index contributed by atoms with van der Waals surface area (Å²) in [5, 5.41) is 0. The molecule has 0 aromatic heterocycles. The maximum Gasteiger partial charge on any atom is 0.110 e. The fourth-order valence-electron chi connectivity index (χ4n) is 2.36. The smallest absolute Gasteiger partial charge is 0.110 e. The van der Waals surface area contributed by atoms with Gasteiger partial charge < -0.3 is 9.47 Å². The first-order valence-corrected chi connectivity index (χ1v) is 5.74. The molecule has 1 aromatic rings. The third-order valence-electron chi connectivity index (χ3n) is 3.27. The normalized spacial score (nSPS) is 33.5. The van der Waals surface area contributed by atoms with E-state index in [9.17, 15) is 0 Å². The van der Waals surface area contributed by atoms with Crippen LogP contribution in [0, 0.1) is 0 Å². The van der Waals surface area contributed by atoms with E-state index < -0.39 is 0 Å². The van der Waals surface area contributed by atoms with E-state index >= 15 is 0 Å². The van der Waals surface area contributed by atoms with Crippen molar-refractivity contribution in [3.63, 3.8) is 0 Å². The first-order chi connectivity index (χ1) is 7.43. The zero-order chi connectivity index (χ0) is 10.1. The van der Waals surface area contributed by atoms with E-state index in [0.29, 0.717) is 18.3 Å². The van der Waals surface area contributed by atoms with Gasteiger partial charge in [-0.25, -0.2) is 0 Å². The van der Waals surface area contributed by atoms with Crippen molar-refractivity contribution in [2.24, 2.45) is 0 Å². The molecule has 3 atom stereocenters. The standard InChI is InChI=1S/C13H16O2/c1-2-5-10(6-3-1)9-14-11-7-4-8-12-13(11)15-12/h1-3,5-6,11-13H,4,7-9H2/t11-,12-,13+/m1/s1. The second-order valence-electron chi connectivity index (χ2n) is 4.41. The van der Waals surface area contributed by atoms with Gasteiger partial charge in [-0.1, -0.05) is 30.3 Å². The molecule has 1 saturated carbocycles. The molecule has 1 aromatic carbocycles. The lowest BCUT2D eigenvalue weighted by Crippen LogP contribution is -2.25. The van der Waals surface area contributed by atoms with E-state index in [0.717, 1.165) is 13.0 Å². The van der Waals surface area contributed by atoms with Crippen LogP contribution in [0.2, 0.25) is 0 Å². The molecular formula is C13H16O2. The largest absolute Gasteiger partial charge is 0.371 e. The number of hydrogen-bond donors (Lipinski definition) is 0. The highest BCUT2D eigenvalue weighted by molar-refractivity contribution is 5.13. The summed E-state index contributed by atoms with van der Waals surface area (Å²) in [5.74, 6) is 0. The van der Waals surface area contributed by atoms with Crippen LogP contribution in [0.1, 0.15) is 24.8 Å². The lowest BCUT2D eigenvalue weighted by atomic mass is 9.98. The van der Waals surface area contributed by atoms with Gasteiger partial charge >= 0.3 is 0 Å². The number of rotatable bonds is 3. The van der Waals surface area contributed by atoms with Crippen molar-refractivity contribution in [3.8, 4) is 0 Å².